The van der Waals surface area contributed by atoms with Gasteiger partial charge < -0.3 is 36.3 Å². The van der Waals surface area contributed by atoms with Gasteiger partial charge in [0.1, 0.15) is 29.4 Å². The first-order chi connectivity index (χ1) is 20.7. The number of nitrogens with two attached hydrogens (primary N) is 1. The Morgan fingerprint density at radius 2 is 2.05 bits per heavy atom. The van der Waals surface area contributed by atoms with E-state index in [1.165, 1.54) is 23.2 Å². The van der Waals surface area contributed by atoms with Gasteiger partial charge >= 0.3 is 12.1 Å². The van der Waals surface area contributed by atoms with Crippen molar-refractivity contribution in [3.63, 3.8) is 0 Å². The number of likely N-dealkylation sites (tertiary alicyclic amines) is 1. The molecule has 4 aliphatic heterocycles. The Labute approximate surface area is 253 Å². The predicted molar refractivity (Wildman–Crippen MR) is 155 cm³/mol. The number of piperidine rings is 1. The van der Waals surface area contributed by atoms with Gasteiger partial charge in [0, 0.05) is 36.3 Å². The van der Waals surface area contributed by atoms with Crippen LogP contribution in [0.4, 0.5) is 9.93 Å². The molecule has 17 heteroatoms. The first kappa shape index (κ1) is 30.1. The van der Waals surface area contributed by atoms with Gasteiger partial charge in [-0.1, -0.05) is 17.8 Å². The van der Waals surface area contributed by atoms with E-state index in [1.807, 2.05) is 0 Å². The molecular weight excluding hydrogens is 602 g/mol. The molecule has 1 aromatic heterocycles. The zero-order valence-electron chi connectivity index (χ0n) is 22.8. The summed E-state index contributed by atoms with van der Waals surface area (Å²) in [5.74, 6) is -3.22. The number of oxime groups is 1. The number of amides is 4. The molecule has 0 radical (unpaired) electrons. The van der Waals surface area contributed by atoms with E-state index in [0.29, 0.717) is 55.6 Å². The third kappa shape index (κ3) is 5.69. The average molecular weight is 632 g/mol. The number of carboxylic acids is 1. The highest BCUT2D eigenvalue weighted by Crippen LogP contribution is 2.46. The van der Waals surface area contributed by atoms with E-state index in [2.05, 4.69) is 27.4 Å². The van der Waals surface area contributed by atoms with E-state index in [0.717, 1.165) is 16.2 Å². The van der Waals surface area contributed by atoms with E-state index in [1.54, 1.807) is 4.90 Å². The van der Waals surface area contributed by atoms with Crippen LogP contribution < -0.4 is 16.4 Å². The second-order valence-electron chi connectivity index (χ2n) is 10.0. The number of fused-ring (bicyclic) bond motifs is 1. The molecule has 0 aromatic carbocycles. The number of nitrogens with one attached hydrogen (secondary N) is 2. The van der Waals surface area contributed by atoms with Gasteiger partial charge in [-0.15, -0.1) is 23.1 Å². The summed E-state index contributed by atoms with van der Waals surface area (Å²) in [6.07, 6.45) is 2.34. The lowest BCUT2D eigenvalue weighted by Crippen LogP contribution is -2.71. The van der Waals surface area contributed by atoms with Crippen LogP contribution in [-0.2, 0) is 23.9 Å². The molecule has 0 unspecified atom stereocenters. The minimum absolute atomic E-state index is 0.0296. The number of anilines is 1. The van der Waals surface area contributed by atoms with Gasteiger partial charge in [-0.2, -0.15) is 0 Å². The molecule has 4 amide bonds. The smallest absolute Gasteiger partial charge is 0.410 e. The Morgan fingerprint density at radius 1 is 1.30 bits per heavy atom. The monoisotopic (exact) mass is 631 g/mol. The number of nitrogens with zero attached hydrogens (tertiary/aromatic N) is 4. The fraction of sp³-hybridized carbons (Fsp3) is 0.423. The van der Waals surface area contributed by atoms with Crippen LogP contribution in [0.1, 0.15) is 25.0 Å². The Balaban J connectivity index is 1.40. The number of carbonyl (C=O) groups excluding carboxylic acids is 4. The third-order valence-corrected chi connectivity index (χ3v) is 9.56. The number of hydrogen-bond donors (Lipinski definition) is 5. The summed E-state index contributed by atoms with van der Waals surface area (Å²) in [5.41, 5.74) is 6.40. The summed E-state index contributed by atoms with van der Waals surface area (Å²) in [6, 6.07) is -1.09. The molecular formula is C26H29N7O8S2. The van der Waals surface area contributed by atoms with E-state index in [4.69, 9.17) is 10.5 Å². The van der Waals surface area contributed by atoms with Crippen LogP contribution in [0.3, 0.4) is 0 Å². The average Bonchev–Trinajstić information content (AvgIpc) is 3.62. The zero-order chi connectivity index (χ0) is 30.8. The minimum atomic E-state index is -1.34. The van der Waals surface area contributed by atoms with Gasteiger partial charge in [0.25, 0.3) is 11.8 Å². The molecule has 228 valence electrons. The quantitative estimate of drug-likeness (QED) is 0.0664. The molecule has 0 saturated carbocycles. The molecule has 0 bridgehead atoms. The number of allylic oxidation sites excluding steroid dienone is 1. The summed E-state index contributed by atoms with van der Waals surface area (Å²) in [5, 5.41) is 28.9. The lowest BCUT2D eigenvalue weighted by atomic mass is 9.80. The molecule has 6 N–H and O–H groups in total. The highest BCUT2D eigenvalue weighted by Gasteiger charge is 2.55. The number of carboxylic acid groups (broad SMARTS) is 1. The molecule has 0 aliphatic carbocycles. The fourth-order valence-corrected chi connectivity index (χ4v) is 7.58. The van der Waals surface area contributed by atoms with Crippen LogP contribution in [0.5, 0.6) is 0 Å². The predicted octanol–water partition coefficient (Wildman–Crippen LogP) is 0.493. The van der Waals surface area contributed by atoms with Crippen molar-refractivity contribution in [2.24, 2.45) is 11.1 Å². The number of aliphatic carboxylic acids is 1. The van der Waals surface area contributed by atoms with Crippen molar-refractivity contribution in [3.8, 4) is 0 Å². The number of rotatable bonds is 8. The summed E-state index contributed by atoms with van der Waals surface area (Å²) in [6.45, 7) is 4.73. The molecule has 0 spiro atoms. The zero-order valence-corrected chi connectivity index (χ0v) is 24.4. The largest absolute Gasteiger partial charge is 0.477 e. The number of carbonyl (C=O) groups is 5. The van der Waals surface area contributed by atoms with Crippen LogP contribution in [0.2, 0.25) is 0 Å². The normalized spacial score (nSPS) is 23.8. The van der Waals surface area contributed by atoms with Gasteiger partial charge in [-0.05, 0) is 36.3 Å². The van der Waals surface area contributed by atoms with Gasteiger partial charge in [-0.3, -0.25) is 19.3 Å². The lowest BCUT2D eigenvalue weighted by molar-refractivity contribution is -0.150. The van der Waals surface area contributed by atoms with Crippen molar-refractivity contribution in [2.75, 3.05) is 37.7 Å². The van der Waals surface area contributed by atoms with Crippen LogP contribution >= 0.6 is 23.1 Å². The Hall–Kier alpha value is -4.38. The second kappa shape index (κ2) is 12.5. The minimum Gasteiger partial charge on any atom is -0.477 e. The summed E-state index contributed by atoms with van der Waals surface area (Å²) in [7, 11) is 0. The molecule has 5 heterocycles. The maximum absolute atomic E-state index is 13.3. The van der Waals surface area contributed by atoms with Crippen LogP contribution in [0, 0.1) is 5.92 Å². The highest BCUT2D eigenvalue weighted by molar-refractivity contribution is 8.00. The van der Waals surface area contributed by atoms with E-state index >= 15 is 0 Å². The van der Waals surface area contributed by atoms with Gasteiger partial charge in [-0.25, -0.2) is 14.6 Å². The molecule has 43 heavy (non-hydrogen) atoms. The van der Waals surface area contributed by atoms with Crippen LogP contribution in [-0.4, -0.2) is 104 Å². The molecule has 15 nitrogen and oxygen atoms in total. The van der Waals surface area contributed by atoms with Crippen LogP contribution in [0.15, 0.2) is 45.6 Å². The third-order valence-electron chi connectivity index (χ3n) is 7.61. The van der Waals surface area contributed by atoms with Gasteiger partial charge in [0.2, 0.25) is 5.91 Å². The number of hydrogen-bond acceptors (Lipinski definition) is 12. The molecule has 4 aliphatic rings. The first-order valence-corrected chi connectivity index (χ1v) is 15.3. The highest BCUT2D eigenvalue weighted by atomic mass is 32.2. The van der Waals surface area contributed by atoms with Crippen molar-refractivity contribution in [3.05, 3.63) is 46.1 Å². The van der Waals surface area contributed by atoms with Crippen molar-refractivity contribution >= 4 is 63.7 Å². The SMILES string of the molecule is C=CCOC(=O)N1CCC(/C(C2=C(C(=O)O)N3C(=O)[C@@H](NC(=O)/C(=N\O)c4csc(N)n4)[C@H]3SC2)=C2/CCNC2=O)CC1. The molecule has 3 saturated heterocycles. The number of β-lactam (4-membered cyclic amide) rings is 1. The summed E-state index contributed by atoms with van der Waals surface area (Å²) in [4.78, 5) is 70.7. The van der Waals surface area contributed by atoms with Gasteiger partial charge in [0.15, 0.2) is 10.8 Å². The standard InChI is InChI=1S/C26H29N7O8S2/c1-2-9-41-26(39)32-7-4-12(5-8-32)16(13-3-6-28-20(13)34)14-10-42-23-18(22(36)33(23)19(14)24(37)38)30-21(35)17(31-40)15-11-43-25(27)29-15/h2,11-12,18,23,40H,1,3-10H2,(H2,27,29)(H,28,34)(H,30,35)(H,37,38)/b16-13+,31-17-/t18-,23-/m1/s1. The van der Waals surface area contributed by atoms with Crippen molar-refractivity contribution in [2.45, 2.75) is 30.7 Å². The first-order valence-electron chi connectivity index (χ1n) is 13.4. The van der Waals surface area contributed by atoms with E-state index in [9.17, 15) is 34.3 Å². The van der Waals surface area contributed by atoms with Crippen molar-refractivity contribution < 1.29 is 39.0 Å². The lowest BCUT2D eigenvalue weighted by Gasteiger charge is -2.50. The second-order valence-corrected chi connectivity index (χ2v) is 12.0. The van der Waals surface area contributed by atoms with Gasteiger partial charge in [0.05, 0.1) is 0 Å². The summed E-state index contributed by atoms with van der Waals surface area (Å²) >= 11 is 2.29. The number of nitrogen functional groups attached to an aromatic ring is 1. The molecule has 2 atom stereocenters. The molecule has 5 rings (SSSR count). The summed E-state index contributed by atoms with van der Waals surface area (Å²) < 4.78 is 5.14. The number of aromatic nitrogens is 1. The maximum Gasteiger partial charge on any atom is 0.410 e. The molecule has 1 aromatic rings. The fourth-order valence-electron chi connectivity index (χ4n) is 5.67. The maximum atomic E-state index is 13.3. The van der Waals surface area contributed by atoms with Crippen molar-refractivity contribution in [1.82, 2.24) is 25.4 Å². The Bertz CT molecular complexity index is 1480. The van der Waals surface area contributed by atoms with E-state index < -0.39 is 41.0 Å². The number of ether oxygens (including phenoxy) is 1. The number of thiazole rings is 1. The topological polar surface area (TPSA) is 217 Å². The van der Waals surface area contributed by atoms with E-state index in [-0.39, 0.29) is 40.7 Å². The Morgan fingerprint density at radius 3 is 2.63 bits per heavy atom. The number of thioether (sulfide) groups is 1. The van der Waals surface area contributed by atoms with Crippen LogP contribution in [0.25, 0.3) is 0 Å². The Kier molecular flexibility index (Phi) is 8.72. The molecule has 3 fully saturated rings. The van der Waals surface area contributed by atoms with Crippen molar-refractivity contribution in [1.29, 1.82) is 0 Å².